The zero-order chi connectivity index (χ0) is 21.0. The topological polar surface area (TPSA) is 86.6 Å². The first-order chi connectivity index (χ1) is 13.7. The van der Waals surface area contributed by atoms with Gasteiger partial charge in [0.1, 0.15) is 5.60 Å². The number of hydrogen-bond donors (Lipinski definition) is 3. The fourth-order valence-corrected chi connectivity index (χ4v) is 7.23. The maximum atomic E-state index is 13.0. The van der Waals surface area contributed by atoms with Gasteiger partial charge in [-0.25, -0.2) is 0 Å². The van der Waals surface area contributed by atoms with Crippen LogP contribution in [0.15, 0.2) is 23.8 Å². The van der Waals surface area contributed by atoms with Gasteiger partial charge in [0.15, 0.2) is 5.78 Å². The number of aliphatic hydroxyl groups excluding tert-OH is 1. The average Bonchev–Trinajstić information content (AvgIpc) is 2.94. The lowest BCUT2D eigenvalue weighted by Gasteiger charge is -2.59. The maximum absolute atomic E-state index is 13.0. The van der Waals surface area contributed by atoms with Crippen LogP contribution in [0.25, 0.3) is 0 Å². The molecule has 4 rings (SSSR count). The Morgan fingerprint density at radius 1 is 1.31 bits per heavy atom. The minimum Gasteiger partial charge on any atom is -0.393 e. The summed E-state index contributed by atoms with van der Waals surface area (Å²) in [5.74, 6) is 0.219. The molecule has 160 valence electrons. The van der Waals surface area contributed by atoms with Gasteiger partial charge in [-0.2, -0.15) is 0 Å². The molecule has 0 aromatic rings. The summed E-state index contributed by atoms with van der Waals surface area (Å²) < 4.78 is 0. The molecule has 0 aromatic heterocycles. The molecule has 5 heteroatoms. The second-order valence-corrected chi connectivity index (χ2v) is 10.2. The molecule has 0 spiro atoms. The van der Waals surface area contributed by atoms with Crippen LogP contribution in [0, 0.1) is 28.6 Å². The Kier molecular flexibility index (Phi) is 5.06. The van der Waals surface area contributed by atoms with E-state index < -0.39 is 17.1 Å². The van der Waals surface area contributed by atoms with Gasteiger partial charge < -0.3 is 15.5 Å². The molecule has 0 bridgehead atoms. The van der Waals surface area contributed by atoms with Crippen LogP contribution in [0.1, 0.15) is 65.7 Å². The SMILES string of the molecule is CCCCNC(=O)C1(O)CCC2C3CCC4=CC(=O)C=CC4(C)C3C(O)CC21C. The van der Waals surface area contributed by atoms with E-state index in [0.29, 0.717) is 19.4 Å². The molecule has 4 aliphatic carbocycles. The van der Waals surface area contributed by atoms with Crippen LogP contribution in [0.5, 0.6) is 0 Å². The summed E-state index contributed by atoms with van der Waals surface area (Å²) in [4.78, 5) is 24.9. The first kappa shape index (κ1) is 20.8. The summed E-state index contributed by atoms with van der Waals surface area (Å²) >= 11 is 0. The smallest absolute Gasteiger partial charge is 0.252 e. The predicted octanol–water partition coefficient (Wildman–Crippen LogP) is 2.91. The maximum Gasteiger partial charge on any atom is 0.252 e. The van der Waals surface area contributed by atoms with E-state index >= 15 is 0 Å². The summed E-state index contributed by atoms with van der Waals surface area (Å²) in [5.41, 5.74) is -1.25. The van der Waals surface area contributed by atoms with Crippen molar-refractivity contribution in [1.29, 1.82) is 0 Å². The molecular weight excluding hydrogens is 366 g/mol. The molecular formula is C24H35NO4. The van der Waals surface area contributed by atoms with Crippen LogP contribution < -0.4 is 5.32 Å². The van der Waals surface area contributed by atoms with Crippen molar-refractivity contribution in [2.24, 2.45) is 28.6 Å². The van der Waals surface area contributed by atoms with E-state index in [1.165, 1.54) is 0 Å². The van der Waals surface area contributed by atoms with Crippen LogP contribution in [0.4, 0.5) is 0 Å². The third-order valence-corrected chi connectivity index (χ3v) is 8.84. The summed E-state index contributed by atoms with van der Waals surface area (Å²) in [6.07, 6.45) is 10.1. The molecule has 0 saturated heterocycles. The Hall–Kier alpha value is -1.46. The molecule has 7 unspecified atom stereocenters. The Morgan fingerprint density at radius 2 is 2.07 bits per heavy atom. The molecule has 4 aliphatic rings. The summed E-state index contributed by atoms with van der Waals surface area (Å²) in [6, 6.07) is 0. The fraction of sp³-hybridized carbons (Fsp3) is 0.750. The number of carbonyl (C=O) groups excluding carboxylic acids is 2. The number of aliphatic hydroxyl groups is 2. The quantitative estimate of drug-likeness (QED) is 0.632. The fourth-order valence-electron chi connectivity index (χ4n) is 7.23. The average molecular weight is 402 g/mol. The molecule has 7 atom stereocenters. The van der Waals surface area contributed by atoms with E-state index in [1.54, 1.807) is 12.2 Å². The molecule has 5 nitrogen and oxygen atoms in total. The molecule has 0 heterocycles. The number of rotatable bonds is 4. The van der Waals surface area contributed by atoms with Gasteiger partial charge in [-0.05, 0) is 62.5 Å². The van der Waals surface area contributed by atoms with Gasteiger partial charge in [0.25, 0.3) is 5.91 Å². The molecule has 3 fully saturated rings. The van der Waals surface area contributed by atoms with Gasteiger partial charge in [-0.15, -0.1) is 0 Å². The van der Waals surface area contributed by atoms with Crippen molar-refractivity contribution in [3.63, 3.8) is 0 Å². The normalized spacial score (nSPS) is 45.8. The van der Waals surface area contributed by atoms with Crippen molar-refractivity contribution in [1.82, 2.24) is 5.32 Å². The molecule has 0 aromatic carbocycles. The Morgan fingerprint density at radius 3 is 2.79 bits per heavy atom. The van der Waals surface area contributed by atoms with E-state index in [4.69, 9.17) is 0 Å². The van der Waals surface area contributed by atoms with E-state index in [1.807, 2.05) is 13.0 Å². The van der Waals surface area contributed by atoms with Gasteiger partial charge >= 0.3 is 0 Å². The van der Waals surface area contributed by atoms with E-state index in [0.717, 1.165) is 37.7 Å². The number of fused-ring (bicyclic) bond motifs is 5. The van der Waals surface area contributed by atoms with Crippen molar-refractivity contribution in [2.45, 2.75) is 77.4 Å². The predicted molar refractivity (Wildman–Crippen MR) is 111 cm³/mol. The number of nitrogens with one attached hydrogen (secondary N) is 1. The first-order valence-electron chi connectivity index (χ1n) is 11.3. The first-order valence-corrected chi connectivity index (χ1v) is 11.3. The van der Waals surface area contributed by atoms with Crippen LogP contribution in [-0.2, 0) is 9.59 Å². The summed E-state index contributed by atoms with van der Waals surface area (Å²) in [7, 11) is 0. The minimum absolute atomic E-state index is 0.0235. The van der Waals surface area contributed by atoms with Crippen LogP contribution in [0.2, 0.25) is 0 Å². The highest BCUT2D eigenvalue weighted by atomic mass is 16.3. The van der Waals surface area contributed by atoms with E-state index in [2.05, 4.69) is 19.2 Å². The van der Waals surface area contributed by atoms with Crippen LogP contribution >= 0.6 is 0 Å². The Bertz CT molecular complexity index is 773. The minimum atomic E-state index is -1.42. The molecule has 3 N–H and O–H groups in total. The van der Waals surface area contributed by atoms with Crippen molar-refractivity contribution in [2.75, 3.05) is 6.54 Å². The third kappa shape index (κ3) is 2.88. The number of hydrogen-bond acceptors (Lipinski definition) is 4. The standard InChI is InChI=1S/C24H35NO4/c1-4-5-12-25-21(28)24(29)11-9-18-17-7-6-15-13-16(26)8-10-22(15,2)20(17)19(27)14-23(18,24)3/h8,10,13,17-20,27,29H,4-7,9,11-12,14H2,1-3H3,(H,25,28). The molecule has 0 aliphatic heterocycles. The van der Waals surface area contributed by atoms with E-state index in [9.17, 15) is 19.8 Å². The van der Waals surface area contributed by atoms with Crippen molar-refractivity contribution >= 4 is 11.7 Å². The van der Waals surface area contributed by atoms with Gasteiger partial charge in [-0.1, -0.05) is 38.8 Å². The second kappa shape index (κ2) is 7.05. The number of unbranched alkanes of at least 4 members (excludes halogenated alkanes) is 1. The van der Waals surface area contributed by atoms with Gasteiger partial charge in [-0.3, -0.25) is 9.59 Å². The Balaban J connectivity index is 1.64. The molecule has 0 radical (unpaired) electrons. The highest BCUT2D eigenvalue weighted by Crippen LogP contribution is 2.66. The molecule has 1 amide bonds. The van der Waals surface area contributed by atoms with Crippen LogP contribution in [0.3, 0.4) is 0 Å². The molecule has 3 saturated carbocycles. The van der Waals surface area contributed by atoms with Crippen molar-refractivity contribution < 1.29 is 19.8 Å². The third-order valence-electron chi connectivity index (χ3n) is 8.84. The number of ketones is 1. The zero-order valence-corrected chi connectivity index (χ0v) is 17.9. The van der Waals surface area contributed by atoms with Gasteiger partial charge in [0.2, 0.25) is 0 Å². The van der Waals surface area contributed by atoms with Crippen LogP contribution in [-0.4, -0.2) is 40.2 Å². The largest absolute Gasteiger partial charge is 0.393 e. The lowest BCUT2D eigenvalue weighted by atomic mass is 9.46. The highest BCUT2D eigenvalue weighted by molar-refractivity contribution is 6.01. The summed E-state index contributed by atoms with van der Waals surface area (Å²) in [5, 5.41) is 25.8. The van der Waals surface area contributed by atoms with Gasteiger partial charge in [0, 0.05) is 23.3 Å². The second-order valence-electron chi connectivity index (χ2n) is 10.2. The van der Waals surface area contributed by atoms with Gasteiger partial charge in [0.05, 0.1) is 6.10 Å². The lowest BCUT2D eigenvalue weighted by molar-refractivity contribution is -0.178. The number of amides is 1. The monoisotopic (exact) mass is 401 g/mol. The number of allylic oxidation sites excluding steroid dienone is 4. The zero-order valence-electron chi connectivity index (χ0n) is 17.9. The highest BCUT2D eigenvalue weighted by Gasteiger charge is 2.68. The Labute approximate surface area is 173 Å². The lowest BCUT2D eigenvalue weighted by Crippen LogP contribution is -2.63. The number of carbonyl (C=O) groups is 2. The van der Waals surface area contributed by atoms with Crippen molar-refractivity contribution in [3.05, 3.63) is 23.8 Å². The molecule has 29 heavy (non-hydrogen) atoms. The van der Waals surface area contributed by atoms with E-state index in [-0.39, 0.29) is 34.9 Å². The van der Waals surface area contributed by atoms with Crippen molar-refractivity contribution in [3.8, 4) is 0 Å². The summed E-state index contributed by atoms with van der Waals surface area (Å²) in [6.45, 7) is 6.81.